The van der Waals surface area contributed by atoms with Crippen LogP contribution in [-0.4, -0.2) is 17.4 Å². The van der Waals surface area contributed by atoms with Gasteiger partial charge in [0, 0.05) is 23.6 Å². The van der Waals surface area contributed by atoms with Gasteiger partial charge in [0.2, 0.25) is 0 Å². The molecule has 0 bridgehead atoms. The maximum Gasteiger partial charge on any atom is 0.390 e. The quantitative estimate of drug-likeness (QED) is 0.787. The Morgan fingerprint density at radius 3 is 2.68 bits per heavy atom. The Kier molecular flexibility index (Phi) is 4.02. The number of halogens is 3. The minimum Gasteiger partial charge on any atom is -0.494 e. The first kappa shape index (κ1) is 13.8. The van der Waals surface area contributed by atoms with Gasteiger partial charge < -0.3 is 9.30 Å². The first-order chi connectivity index (χ1) is 8.99. The van der Waals surface area contributed by atoms with Gasteiger partial charge >= 0.3 is 6.18 Å². The zero-order valence-corrected chi connectivity index (χ0v) is 10.7. The molecule has 0 saturated carbocycles. The van der Waals surface area contributed by atoms with Crippen LogP contribution in [0.15, 0.2) is 30.5 Å². The molecule has 5 heteroatoms. The maximum absolute atomic E-state index is 12.2. The zero-order valence-electron chi connectivity index (χ0n) is 10.7. The van der Waals surface area contributed by atoms with Gasteiger partial charge in [0.25, 0.3) is 0 Å². The van der Waals surface area contributed by atoms with Gasteiger partial charge in [-0.2, -0.15) is 13.2 Å². The Morgan fingerprint density at radius 1 is 1.21 bits per heavy atom. The largest absolute Gasteiger partial charge is 0.494 e. The fraction of sp³-hybridized carbons (Fsp3) is 0.429. The second-order valence-electron chi connectivity index (χ2n) is 4.44. The molecule has 0 aliphatic carbocycles. The number of ether oxygens (including phenoxy) is 1. The number of benzene rings is 1. The molecule has 0 radical (unpaired) electrons. The van der Waals surface area contributed by atoms with Crippen molar-refractivity contribution in [1.82, 2.24) is 4.57 Å². The SMILES string of the molecule is CCCOc1ccc2c(ccn2CCC(F)(F)F)c1. The smallest absolute Gasteiger partial charge is 0.390 e. The van der Waals surface area contributed by atoms with Crippen molar-refractivity contribution in [3.63, 3.8) is 0 Å². The molecule has 2 nitrogen and oxygen atoms in total. The van der Waals surface area contributed by atoms with Crippen molar-refractivity contribution in [3.8, 4) is 5.75 Å². The highest BCUT2D eigenvalue weighted by Crippen LogP contribution is 2.25. The lowest BCUT2D eigenvalue weighted by atomic mass is 10.2. The lowest BCUT2D eigenvalue weighted by Crippen LogP contribution is -2.11. The predicted molar refractivity (Wildman–Crippen MR) is 68.4 cm³/mol. The summed E-state index contributed by atoms with van der Waals surface area (Å²) >= 11 is 0. The Hall–Kier alpha value is -1.65. The van der Waals surface area contributed by atoms with Crippen LogP contribution in [0.4, 0.5) is 13.2 Å². The van der Waals surface area contributed by atoms with Crippen LogP contribution in [0, 0.1) is 0 Å². The number of alkyl halides is 3. The second-order valence-corrected chi connectivity index (χ2v) is 4.44. The van der Waals surface area contributed by atoms with E-state index in [1.807, 2.05) is 19.1 Å². The minimum atomic E-state index is -4.12. The molecule has 0 saturated heterocycles. The van der Waals surface area contributed by atoms with Crippen LogP contribution in [0.1, 0.15) is 19.8 Å². The Bertz CT molecular complexity index is 545. The fourth-order valence-electron chi connectivity index (χ4n) is 1.93. The zero-order chi connectivity index (χ0) is 13.9. The van der Waals surface area contributed by atoms with Crippen LogP contribution < -0.4 is 4.74 Å². The number of rotatable bonds is 5. The van der Waals surface area contributed by atoms with Crippen molar-refractivity contribution in [2.45, 2.75) is 32.5 Å². The molecule has 1 heterocycles. The van der Waals surface area contributed by atoms with Crippen LogP contribution in [-0.2, 0) is 6.54 Å². The normalized spacial score (nSPS) is 12.0. The molecular weight excluding hydrogens is 255 g/mol. The number of hydrogen-bond acceptors (Lipinski definition) is 1. The predicted octanol–water partition coefficient (Wildman–Crippen LogP) is 4.38. The monoisotopic (exact) mass is 271 g/mol. The van der Waals surface area contributed by atoms with Crippen molar-refractivity contribution in [2.24, 2.45) is 0 Å². The topological polar surface area (TPSA) is 14.2 Å². The first-order valence-corrected chi connectivity index (χ1v) is 6.28. The molecule has 0 atom stereocenters. The molecule has 0 aliphatic rings. The van der Waals surface area contributed by atoms with Crippen LogP contribution >= 0.6 is 0 Å². The van der Waals surface area contributed by atoms with Crippen molar-refractivity contribution in [2.75, 3.05) is 6.61 Å². The summed E-state index contributed by atoms with van der Waals surface area (Å²) in [6.45, 7) is 2.61. The van der Waals surface area contributed by atoms with E-state index in [0.29, 0.717) is 6.61 Å². The molecule has 0 aliphatic heterocycles. The van der Waals surface area contributed by atoms with E-state index in [2.05, 4.69) is 0 Å². The molecule has 1 aromatic heterocycles. The highest BCUT2D eigenvalue weighted by Gasteiger charge is 2.26. The molecule has 2 rings (SSSR count). The van der Waals surface area contributed by atoms with Gasteiger partial charge in [0.15, 0.2) is 0 Å². The van der Waals surface area contributed by atoms with E-state index in [1.54, 1.807) is 22.9 Å². The molecule has 0 spiro atoms. The van der Waals surface area contributed by atoms with Gasteiger partial charge in [-0.1, -0.05) is 6.92 Å². The molecule has 19 heavy (non-hydrogen) atoms. The summed E-state index contributed by atoms with van der Waals surface area (Å²) in [5.41, 5.74) is 0.799. The van der Waals surface area contributed by atoms with Gasteiger partial charge in [0.05, 0.1) is 13.0 Å². The van der Waals surface area contributed by atoms with Gasteiger partial charge in [-0.25, -0.2) is 0 Å². The van der Waals surface area contributed by atoms with Gasteiger partial charge in [-0.3, -0.25) is 0 Å². The summed E-state index contributed by atoms with van der Waals surface area (Å²) in [4.78, 5) is 0. The third-order valence-corrected chi connectivity index (χ3v) is 2.85. The van der Waals surface area contributed by atoms with Crippen molar-refractivity contribution in [3.05, 3.63) is 30.5 Å². The maximum atomic E-state index is 12.2. The van der Waals surface area contributed by atoms with E-state index < -0.39 is 12.6 Å². The van der Waals surface area contributed by atoms with E-state index in [4.69, 9.17) is 4.74 Å². The number of nitrogens with zero attached hydrogens (tertiary/aromatic N) is 1. The third-order valence-electron chi connectivity index (χ3n) is 2.85. The second kappa shape index (κ2) is 5.55. The number of fused-ring (bicyclic) bond motifs is 1. The van der Waals surface area contributed by atoms with Crippen LogP contribution in [0.3, 0.4) is 0 Å². The van der Waals surface area contributed by atoms with Crippen LogP contribution in [0.2, 0.25) is 0 Å². The minimum absolute atomic E-state index is 0.0534. The number of aryl methyl sites for hydroxylation is 1. The van der Waals surface area contributed by atoms with E-state index in [0.717, 1.165) is 23.1 Å². The molecule has 0 unspecified atom stereocenters. The Labute approximate surface area is 109 Å². The average molecular weight is 271 g/mol. The van der Waals surface area contributed by atoms with Gasteiger partial charge in [-0.15, -0.1) is 0 Å². The van der Waals surface area contributed by atoms with Crippen molar-refractivity contribution in [1.29, 1.82) is 0 Å². The Balaban J connectivity index is 2.15. The van der Waals surface area contributed by atoms with Crippen LogP contribution in [0.25, 0.3) is 10.9 Å². The standard InChI is InChI=1S/C14H16F3NO/c1-2-9-19-12-3-4-13-11(10-12)5-7-18(13)8-6-14(15,16)17/h3-5,7,10H,2,6,8-9H2,1H3. The molecule has 0 amide bonds. The highest BCUT2D eigenvalue weighted by atomic mass is 19.4. The lowest BCUT2D eigenvalue weighted by Gasteiger charge is -2.09. The van der Waals surface area contributed by atoms with Gasteiger partial charge in [0.1, 0.15) is 5.75 Å². The summed E-state index contributed by atoms with van der Waals surface area (Å²) in [7, 11) is 0. The number of aromatic nitrogens is 1. The lowest BCUT2D eigenvalue weighted by molar-refractivity contribution is -0.136. The van der Waals surface area contributed by atoms with Crippen molar-refractivity contribution >= 4 is 10.9 Å². The average Bonchev–Trinajstić information content (AvgIpc) is 2.75. The van der Waals surface area contributed by atoms with E-state index in [9.17, 15) is 13.2 Å². The summed E-state index contributed by atoms with van der Waals surface area (Å²) < 4.78 is 43.8. The number of hydrogen-bond donors (Lipinski definition) is 0. The summed E-state index contributed by atoms with van der Waals surface area (Å²) in [5.74, 6) is 0.753. The fourth-order valence-corrected chi connectivity index (χ4v) is 1.93. The molecule has 0 fully saturated rings. The first-order valence-electron chi connectivity index (χ1n) is 6.28. The Morgan fingerprint density at radius 2 is 2.00 bits per heavy atom. The third kappa shape index (κ3) is 3.66. The summed E-state index contributed by atoms with van der Waals surface area (Å²) in [5, 5.41) is 0.899. The highest BCUT2D eigenvalue weighted by molar-refractivity contribution is 5.81. The van der Waals surface area contributed by atoms with Gasteiger partial charge in [-0.05, 0) is 30.7 Å². The van der Waals surface area contributed by atoms with E-state index in [1.165, 1.54) is 0 Å². The summed E-state index contributed by atoms with van der Waals surface area (Å²) in [6, 6.07) is 7.26. The summed E-state index contributed by atoms with van der Waals surface area (Å²) in [6.07, 6.45) is -2.34. The van der Waals surface area contributed by atoms with Crippen LogP contribution in [0.5, 0.6) is 5.75 Å². The molecule has 0 N–H and O–H groups in total. The molecule has 1 aromatic carbocycles. The molecular formula is C14H16F3NO. The van der Waals surface area contributed by atoms with Crippen molar-refractivity contribution < 1.29 is 17.9 Å². The van der Waals surface area contributed by atoms with E-state index in [-0.39, 0.29) is 6.54 Å². The molecule has 104 valence electrons. The molecule has 2 aromatic rings. The van der Waals surface area contributed by atoms with E-state index >= 15 is 0 Å².